The van der Waals surface area contributed by atoms with Gasteiger partial charge >= 0.3 is 6.18 Å². The van der Waals surface area contributed by atoms with Crippen LogP contribution in [0.3, 0.4) is 0 Å². The number of hydrogen-bond acceptors (Lipinski definition) is 2. The number of halogens is 3. The molecule has 3 N–H and O–H groups in total. The highest BCUT2D eigenvalue weighted by Gasteiger charge is 2.32. The molecule has 110 valence electrons. The molecule has 2 rings (SSSR count). The van der Waals surface area contributed by atoms with Gasteiger partial charge in [-0.3, -0.25) is 4.79 Å². The van der Waals surface area contributed by atoms with Gasteiger partial charge < -0.3 is 11.1 Å². The average Bonchev–Trinajstić information content (AvgIpc) is 3.18. The lowest BCUT2D eigenvalue weighted by atomic mass is 10.1. The second-order valence-electron chi connectivity index (χ2n) is 5.32. The number of anilines is 1. The summed E-state index contributed by atoms with van der Waals surface area (Å²) in [7, 11) is 0. The molecule has 0 bridgehead atoms. The van der Waals surface area contributed by atoms with Crippen LogP contribution in [0, 0.1) is 11.8 Å². The predicted molar refractivity (Wildman–Crippen MR) is 70.1 cm³/mol. The molecule has 0 heterocycles. The van der Waals surface area contributed by atoms with Crippen molar-refractivity contribution in [1.29, 1.82) is 0 Å². The quantitative estimate of drug-likeness (QED) is 0.836. The van der Waals surface area contributed by atoms with Gasteiger partial charge in [-0.1, -0.05) is 6.92 Å². The number of nitrogens with two attached hydrogens (primary N) is 1. The van der Waals surface area contributed by atoms with Gasteiger partial charge in [0.2, 0.25) is 0 Å². The van der Waals surface area contributed by atoms with Crippen molar-refractivity contribution in [2.24, 2.45) is 11.8 Å². The first kappa shape index (κ1) is 14.7. The summed E-state index contributed by atoms with van der Waals surface area (Å²) in [5.41, 5.74) is 4.64. The van der Waals surface area contributed by atoms with Crippen LogP contribution in [0.15, 0.2) is 18.2 Å². The molecule has 0 aromatic heterocycles. The third-order valence-corrected chi connectivity index (χ3v) is 3.64. The van der Waals surface area contributed by atoms with Gasteiger partial charge in [-0.05, 0) is 42.9 Å². The second kappa shape index (κ2) is 5.34. The molecule has 1 unspecified atom stereocenters. The van der Waals surface area contributed by atoms with Crippen LogP contribution in [-0.2, 0) is 6.18 Å². The largest absolute Gasteiger partial charge is 0.416 e. The third-order valence-electron chi connectivity index (χ3n) is 3.64. The Kier molecular flexibility index (Phi) is 3.92. The lowest BCUT2D eigenvalue weighted by Gasteiger charge is -2.14. The number of nitrogen functional groups attached to an aromatic ring is 1. The van der Waals surface area contributed by atoms with Crippen LogP contribution in [0.1, 0.15) is 35.7 Å². The molecule has 1 amide bonds. The number of carbonyl (C=O) groups excluding carboxylic acids is 1. The minimum Gasteiger partial charge on any atom is -0.398 e. The van der Waals surface area contributed by atoms with Crippen LogP contribution < -0.4 is 11.1 Å². The Balaban J connectivity index is 2.08. The molecule has 1 saturated carbocycles. The van der Waals surface area contributed by atoms with E-state index in [1.807, 2.05) is 6.92 Å². The van der Waals surface area contributed by atoms with Gasteiger partial charge in [-0.15, -0.1) is 0 Å². The van der Waals surface area contributed by atoms with E-state index in [0.717, 1.165) is 31.0 Å². The first-order chi connectivity index (χ1) is 9.29. The van der Waals surface area contributed by atoms with E-state index in [0.29, 0.717) is 18.4 Å². The van der Waals surface area contributed by atoms with Gasteiger partial charge in [0.15, 0.2) is 0 Å². The van der Waals surface area contributed by atoms with Crippen molar-refractivity contribution in [2.75, 3.05) is 12.3 Å². The number of alkyl halides is 3. The highest BCUT2D eigenvalue weighted by molar-refractivity contribution is 5.99. The zero-order valence-electron chi connectivity index (χ0n) is 11.1. The molecule has 3 nitrogen and oxygen atoms in total. The number of hydrogen-bond donors (Lipinski definition) is 2. The van der Waals surface area contributed by atoms with Crippen LogP contribution in [0.2, 0.25) is 0 Å². The van der Waals surface area contributed by atoms with E-state index in [9.17, 15) is 18.0 Å². The SMILES string of the molecule is CC(CNC(=O)c1cc(C(F)(F)F)ccc1N)C1CC1. The molecule has 0 saturated heterocycles. The maximum atomic E-state index is 12.6. The highest BCUT2D eigenvalue weighted by Crippen LogP contribution is 2.36. The molecule has 0 spiro atoms. The minimum absolute atomic E-state index is 0.0505. The van der Waals surface area contributed by atoms with Crippen molar-refractivity contribution < 1.29 is 18.0 Å². The number of carbonyl (C=O) groups is 1. The molecular weight excluding hydrogens is 269 g/mol. The molecule has 0 aliphatic heterocycles. The average molecular weight is 286 g/mol. The van der Waals surface area contributed by atoms with Crippen LogP contribution in [0.5, 0.6) is 0 Å². The third kappa shape index (κ3) is 3.43. The minimum atomic E-state index is -4.48. The Bertz CT molecular complexity index is 510. The van der Waals surface area contributed by atoms with Crippen molar-refractivity contribution in [2.45, 2.75) is 25.9 Å². The summed E-state index contributed by atoms with van der Waals surface area (Å²) < 4.78 is 37.9. The highest BCUT2D eigenvalue weighted by atomic mass is 19.4. The van der Waals surface area contributed by atoms with Gasteiger partial charge in [0, 0.05) is 12.2 Å². The smallest absolute Gasteiger partial charge is 0.398 e. The van der Waals surface area contributed by atoms with E-state index in [-0.39, 0.29) is 11.3 Å². The maximum Gasteiger partial charge on any atom is 0.416 e. The van der Waals surface area contributed by atoms with Crippen LogP contribution in [-0.4, -0.2) is 12.5 Å². The molecule has 6 heteroatoms. The zero-order valence-corrected chi connectivity index (χ0v) is 11.1. The van der Waals surface area contributed by atoms with E-state index in [1.165, 1.54) is 0 Å². The second-order valence-corrected chi connectivity index (χ2v) is 5.32. The van der Waals surface area contributed by atoms with Crippen LogP contribution in [0.25, 0.3) is 0 Å². The summed E-state index contributed by atoms with van der Waals surface area (Å²) in [5.74, 6) is 0.404. The number of rotatable bonds is 4. The van der Waals surface area contributed by atoms with Crippen molar-refractivity contribution in [1.82, 2.24) is 5.32 Å². The van der Waals surface area contributed by atoms with Crippen LogP contribution in [0.4, 0.5) is 18.9 Å². The lowest BCUT2D eigenvalue weighted by Crippen LogP contribution is -2.29. The van der Waals surface area contributed by atoms with E-state index < -0.39 is 17.6 Å². The topological polar surface area (TPSA) is 55.1 Å². The summed E-state index contributed by atoms with van der Waals surface area (Å²) >= 11 is 0. The fourth-order valence-corrected chi connectivity index (χ4v) is 2.11. The monoisotopic (exact) mass is 286 g/mol. The molecule has 0 radical (unpaired) electrons. The summed E-state index contributed by atoms with van der Waals surface area (Å²) in [4.78, 5) is 11.9. The Morgan fingerprint density at radius 3 is 2.65 bits per heavy atom. The first-order valence-corrected chi connectivity index (χ1v) is 6.54. The molecule has 1 aromatic carbocycles. The standard InChI is InChI=1S/C14H17F3N2O/c1-8(9-2-3-9)7-19-13(20)11-6-10(14(15,16)17)4-5-12(11)18/h4-6,8-9H,2-3,7,18H2,1H3,(H,19,20). The molecule has 1 aliphatic rings. The molecule has 1 atom stereocenters. The van der Waals surface area contributed by atoms with Crippen molar-refractivity contribution in [3.05, 3.63) is 29.3 Å². The molecule has 1 fully saturated rings. The van der Waals surface area contributed by atoms with Gasteiger partial charge in [0.25, 0.3) is 5.91 Å². The Hall–Kier alpha value is -1.72. The molecule has 1 aromatic rings. The predicted octanol–water partition coefficient (Wildman–Crippen LogP) is 3.06. The van der Waals surface area contributed by atoms with E-state index in [1.54, 1.807) is 0 Å². The fraction of sp³-hybridized carbons (Fsp3) is 0.500. The Labute approximate surface area is 115 Å². The van der Waals surface area contributed by atoms with Crippen molar-refractivity contribution >= 4 is 11.6 Å². The lowest BCUT2D eigenvalue weighted by molar-refractivity contribution is -0.137. The van der Waals surface area contributed by atoms with Crippen molar-refractivity contribution in [3.8, 4) is 0 Å². The first-order valence-electron chi connectivity index (χ1n) is 6.54. The summed E-state index contributed by atoms with van der Waals surface area (Å²) in [6, 6.07) is 2.79. The van der Waals surface area contributed by atoms with Gasteiger partial charge in [0.1, 0.15) is 0 Å². The van der Waals surface area contributed by atoms with E-state index in [2.05, 4.69) is 5.32 Å². The Morgan fingerprint density at radius 2 is 2.10 bits per heavy atom. The van der Waals surface area contributed by atoms with E-state index in [4.69, 9.17) is 5.73 Å². The molecular formula is C14H17F3N2O. The van der Waals surface area contributed by atoms with Gasteiger partial charge in [-0.25, -0.2) is 0 Å². The normalized spacial score (nSPS) is 16.8. The fourth-order valence-electron chi connectivity index (χ4n) is 2.11. The zero-order chi connectivity index (χ0) is 14.9. The van der Waals surface area contributed by atoms with Crippen LogP contribution >= 0.6 is 0 Å². The number of nitrogens with one attached hydrogen (secondary N) is 1. The Morgan fingerprint density at radius 1 is 1.45 bits per heavy atom. The number of benzene rings is 1. The number of amides is 1. The summed E-state index contributed by atoms with van der Waals surface area (Å²) in [5, 5.41) is 2.65. The summed E-state index contributed by atoms with van der Waals surface area (Å²) in [6.07, 6.45) is -2.17. The van der Waals surface area contributed by atoms with Gasteiger partial charge in [-0.2, -0.15) is 13.2 Å². The maximum absolute atomic E-state index is 12.6. The molecule has 20 heavy (non-hydrogen) atoms. The van der Waals surface area contributed by atoms with Crippen molar-refractivity contribution in [3.63, 3.8) is 0 Å². The van der Waals surface area contributed by atoms with Gasteiger partial charge in [0.05, 0.1) is 11.1 Å². The summed E-state index contributed by atoms with van der Waals surface area (Å²) in [6.45, 7) is 2.48. The van der Waals surface area contributed by atoms with E-state index >= 15 is 0 Å². The molecule has 1 aliphatic carbocycles.